The van der Waals surface area contributed by atoms with Gasteiger partial charge in [0.15, 0.2) is 5.70 Å². The van der Waals surface area contributed by atoms with E-state index >= 15 is 0 Å². The summed E-state index contributed by atoms with van der Waals surface area (Å²) in [5.74, 6) is -0.289. The molecule has 0 bridgehead atoms. The number of cyclic esters (lactones) is 1. The maximum Gasteiger partial charge on any atom is 0.363 e. The third-order valence-corrected chi connectivity index (χ3v) is 5.39. The molecule has 0 aromatic heterocycles. The summed E-state index contributed by atoms with van der Waals surface area (Å²) >= 11 is 0. The second-order valence-electron chi connectivity index (χ2n) is 6.09. The van der Waals surface area contributed by atoms with Gasteiger partial charge in [0, 0.05) is 5.56 Å². The molecule has 4 rings (SSSR count). The van der Waals surface area contributed by atoms with Crippen molar-refractivity contribution in [2.75, 3.05) is 0 Å². The minimum Gasteiger partial charge on any atom is -0.402 e. The van der Waals surface area contributed by atoms with E-state index in [4.69, 9.17) is 8.92 Å². The lowest BCUT2D eigenvalue weighted by molar-refractivity contribution is -0.129. The summed E-state index contributed by atoms with van der Waals surface area (Å²) in [5.41, 5.74) is 0.928. The van der Waals surface area contributed by atoms with Gasteiger partial charge in [0.05, 0.1) is 0 Å². The maximum absolute atomic E-state index is 12.8. The van der Waals surface area contributed by atoms with Crippen molar-refractivity contribution in [1.29, 1.82) is 0 Å². The van der Waals surface area contributed by atoms with Gasteiger partial charge in [-0.1, -0.05) is 54.6 Å². The summed E-state index contributed by atoms with van der Waals surface area (Å²) in [6.07, 6.45) is 1.37. The smallest absolute Gasteiger partial charge is 0.363 e. The van der Waals surface area contributed by atoms with E-state index in [1.54, 1.807) is 72.8 Å². The van der Waals surface area contributed by atoms with Crippen LogP contribution in [0, 0.1) is 0 Å². The van der Waals surface area contributed by atoms with Gasteiger partial charge in [-0.3, -0.25) is 0 Å². The Kier molecular flexibility index (Phi) is 4.97. The Bertz CT molecular complexity index is 1220. The predicted molar refractivity (Wildman–Crippen MR) is 108 cm³/mol. The number of para-hydroxylation sites is 1. The molecule has 144 valence electrons. The molecule has 0 radical (unpaired) electrons. The van der Waals surface area contributed by atoms with Crippen molar-refractivity contribution in [3.63, 3.8) is 0 Å². The average Bonchev–Trinajstić information content (AvgIpc) is 3.10. The zero-order valence-corrected chi connectivity index (χ0v) is 15.9. The first kappa shape index (κ1) is 18.6. The summed E-state index contributed by atoms with van der Waals surface area (Å²) < 4.78 is 35.9. The Hall–Kier alpha value is -3.71. The minimum atomic E-state index is -4.11. The van der Waals surface area contributed by atoms with E-state index in [9.17, 15) is 13.2 Å². The average molecular weight is 405 g/mol. The highest BCUT2D eigenvalue weighted by Gasteiger charge is 2.26. The molecule has 6 nitrogen and oxygen atoms in total. The first-order chi connectivity index (χ1) is 14.0. The first-order valence-electron chi connectivity index (χ1n) is 8.69. The third-order valence-electron chi connectivity index (χ3n) is 4.07. The predicted octanol–water partition coefficient (Wildman–Crippen LogP) is 3.80. The molecule has 0 atom stereocenters. The van der Waals surface area contributed by atoms with E-state index in [0.29, 0.717) is 5.56 Å². The monoisotopic (exact) mass is 405 g/mol. The molecule has 3 aromatic rings. The number of aliphatic imine (C=N–C) groups is 1. The van der Waals surface area contributed by atoms with Crippen molar-refractivity contribution in [2.45, 2.75) is 4.90 Å². The van der Waals surface area contributed by atoms with Crippen LogP contribution >= 0.6 is 0 Å². The van der Waals surface area contributed by atoms with E-state index in [1.165, 1.54) is 12.1 Å². The summed E-state index contributed by atoms with van der Waals surface area (Å²) in [4.78, 5) is 16.4. The third kappa shape index (κ3) is 4.09. The van der Waals surface area contributed by atoms with Gasteiger partial charge in [-0.15, -0.1) is 0 Å². The topological polar surface area (TPSA) is 82.0 Å². The van der Waals surface area contributed by atoms with Crippen LogP contribution in [0.3, 0.4) is 0 Å². The van der Waals surface area contributed by atoms with Crippen LogP contribution in [-0.4, -0.2) is 20.3 Å². The Labute approximate surface area is 167 Å². The molecule has 1 aliphatic rings. The lowest BCUT2D eigenvalue weighted by Crippen LogP contribution is -2.11. The van der Waals surface area contributed by atoms with Gasteiger partial charge in [-0.2, -0.15) is 8.42 Å². The fourth-order valence-corrected chi connectivity index (χ4v) is 3.85. The molecule has 29 heavy (non-hydrogen) atoms. The number of hydrogen-bond acceptors (Lipinski definition) is 6. The number of benzene rings is 3. The Morgan fingerprint density at radius 1 is 0.828 bits per heavy atom. The zero-order chi connectivity index (χ0) is 20.3. The van der Waals surface area contributed by atoms with E-state index < -0.39 is 16.1 Å². The zero-order valence-electron chi connectivity index (χ0n) is 15.1. The molecule has 1 aliphatic heterocycles. The fraction of sp³-hybridized carbons (Fsp3) is 0. The largest absolute Gasteiger partial charge is 0.402 e. The van der Waals surface area contributed by atoms with Crippen LogP contribution in [-0.2, 0) is 19.6 Å². The standard InChI is InChI=1S/C22H15NO5S/c24-22-19(23-21(27-22)16-9-3-1-4-10-16)15-17-11-7-8-14-20(17)29(25,26)28-18-12-5-2-6-13-18/h1-15H/b19-15+. The van der Waals surface area contributed by atoms with Crippen molar-refractivity contribution in [3.8, 4) is 5.75 Å². The molecule has 0 aliphatic carbocycles. The summed E-state index contributed by atoms with van der Waals surface area (Å²) in [5, 5.41) is 0. The van der Waals surface area contributed by atoms with Crippen LogP contribution in [0.4, 0.5) is 0 Å². The van der Waals surface area contributed by atoms with Crippen LogP contribution in [0.5, 0.6) is 5.75 Å². The minimum absolute atomic E-state index is 0.00575. The van der Waals surface area contributed by atoms with Crippen molar-refractivity contribution in [3.05, 3.63) is 102 Å². The number of ether oxygens (including phenoxy) is 1. The summed E-state index contributed by atoms with van der Waals surface area (Å²) in [6, 6.07) is 23.4. The van der Waals surface area contributed by atoms with Crippen LogP contribution < -0.4 is 4.18 Å². The van der Waals surface area contributed by atoms with E-state index in [1.807, 2.05) is 6.07 Å². The lowest BCUT2D eigenvalue weighted by atomic mass is 10.2. The molecule has 0 saturated carbocycles. The van der Waals surface area contributed by atoms with E-state index in [2.05, 4.69) is 4.99 Å². The quantitative estimate of drug-likeness (QED) is 0.366. The highest BCUT2D eigenvalue weighted by atomic mass is 32.2. The molecule has 3 aromatic carbocycles. The van der Waals surface area contributed by atoms with Crippen molar-refractivity contribution in [1.82, 2.24) is 0 Å². The lowest BCUT2D eigenvalue weighted by Gasteiger charge is -2.09. The van der Waals surface area contributed by atoms with Gasteiger partial charge in [-0.05, 0) is 42.0 Å². The molecular formula is C22H15NO5S. The molecule has 0 N–H and O–H groups in total. The molecule has 0 amide bonds. The molecule has 0 unspecified atom stereocenters. The second kappa shape index (κ2) is 7.73. The summed E-state index contributed by atoms with van der Waals surface area (Å²) in [7, 11) is -4.11. The molecular weight excluding hydrogens is 390 g/mol. The van der Waals surface area contributed by atoms with Gasteiger partial charge in [0.2, 0.25) is 5.90 Å². The van der Waals surface area contributed by atoms with Crippen molar-refractivity contribution < 1.29 is 22.1 Å². The first-order valence-corrected chi connectivity index (χ1v) is 10.1. The second-order valence-corrected chi connectivity index (χ2v) is 7.61. The summed E-state index contributed by atoms with van der Waals surface area (Å²) in [6.45, 7) is 0. The molecule has 0 saturated heterocycles. The molecule has 7 heteroatoms. The highest BCUT2D eigenvalue weighted by molar-refractivity contribution is 7.87. The number of nitrogens with zero attached hydrogens (tertiary/aromatic N) is 1. The number of rotatable bonds is 5. The van der Waals surface area contributed by atoms with Gasteiger partial charge in [0.1, 0.15) is 10.6 Å². The van der Waals surface area contributed by atoms with E-state index in [-0.39, 0.29) is 27.8 Å². The molecule has 0 fully saturated rings. The Balaban J connectivity index is 1.70. The van der Waals surface area contributed by atoms with Crippen LogP contribution in [0.25, 0.3) is 6.08 Å². The number of esters is 1. The van der Waals surface area contributed by atoms with Crippen LogP contribution in [0.15, 0.2) is 101 Å². The number of carbonyl (C=O) groups excluding carboxylic acids is 1. The normalized spacial score (nSPS) is 15.1. The highest BCUT2D eigenvalue weighted by Crippen LogP contribution is 2.25. The molecule has 1 heterocycles. The van der Waals surface area contributed by atoms with Gasteiger partial charge in [-0.25, -0.2) is 9.79 Å². The number of hydrogen-bond donors (Lipinski definition) is 0. The van der Waals surface area contributed by atoms with Gasteiger partial charge >= 0.3 is 16.1 Å². The maximum atomic E-state index is 12.8. The van der Waals surface area contributed by atoms with E-state index in [0.717, 1.165) is 0 Å². The van der Waals surface area contributed by atoms with Crippen LogP contribution in [0.1, 0.15) is 11.1 Å². The molecule has 0 spiro atoms. The van der Waals surface area contributed by atoms with Gasteiger partial charge in [0.25, 0.3) is 0 Å². The van der Waals surface area contributed by atoms with Gasteiger partial charge < -0.3 is 8.92 Å². The Morgan fingerprint density at radius 2 is 1.45 bits per heavy atom. The fourth-order valence-electron chi connectivity index (χ4n) is 2.74. The van der Waals surface area contributed by atoms with Crippen molar-refractivity contribution in [2.24, 2.45) is 4.99 Å². The van der Waals surface area contributed by atoms with Crippen LogP contribution in [0.2, 0.25) is 0 Å². The SMILES string of the molecule is O=C1OC(c2ccccc2)=N/C1=C/c1ccccc1S(=O)(=O)Oc1ccccc1. The Morgan fingerprint density at radius 3 is 2.17 bits per heavy atom. The number of carbonyl (C=O) groups is 1. The van der Waals surface area contributed by atoms with Crippen molar-refractivity contribution >= 4 is 28.1 Å².